The van der Waals surface area contributed by atoms with Crippen molar-refractivity contribution in [1.29, 1.82) is 0 Å². The molecule has 1 aromatic rings. The molecule has 7 nitrogen and oxygen atoms in total. The Morgan fingerprint density at radius 1 is 1.25 bits per heavy atom. The van der Waals surface area contributed by atoms with Crippen molar-refractivity contribution in [2.45, 2.75) is 0 Å². The summed E-state index contributed by atoms with van der Waals surface area (Å²) >= 11 is 4.80. The average molecular weight is 297 g/mol. The molecule has 1 aromatic heterocycles. The topological polar surface area (TPSA) is 94.8 Å². The molecule has 0 aromatic carbocycles. The van der Waals surface area contributed by atoms with Crippen LogP contribution >= 0.6 is 12.2 Å². The molecule has 108 valence electrons. The normalized spacial score (nSPS) is 9.70. The first-order chi connectivity index (χ1) is 9.47. The first-order valence-electron chi connectivity index (χ1n) is 5.62. The zero-order chi connectivity index (χ0) is 15.1. The maximum Gasteiger partial charge on any atom is 0.325 e. The zero-order valence-corrected chi connectivity index (χ0v) is 12.0. The lowest BCUT2D eigenvalue weighted by molar-refractivity contribution is -0.140. The molecule has 0 aliphatic heterocycles. The van der Waals surface area contributed by atoms with E-state index >= 15 is 0 Å². The largest absolute Gasteiger partial charge is 0.468 e. The number of methoxy groups -OCH3 is 2. The van der Waals surface area contributed by atoms with Gasteiger partial charge in [0.25, 0.3) is 0 Å². The van der Waals surface area contributed by atoms with Gasteiger partial charge in [-0.3, -0.25) is 14.6 Å². The minimum atomic E-state index is -0.479. The Labute approximate surface area is 121 Å². The molecule has 0 radical (unpaired) electrons. The molecule has 0 fully saturated rings. The van der Waals surface area contributed by atoms with Crippen LogP contribution in [0.15, 0.2) is 18.3 Å². The number of nitrogens with zero attached hydrogens (tertiary/aromatic N) is 2. The monoisotopic (exact) mass is 297 g/mol. The van der Waals surface area contributed by atoms with E-state index in [9.17, 15) is 9.59 Å². The third kappa shape index (κ3) is 4.47. The fourth-order valence-electron chi connectivity index (χ4n) is 1.40. The van der Waals surface area contributed by atoms with E-state index in [1.54, 1.807) is 12.1 Å². The quantitative estimate of drug-likeness (QED) is 0.573. The molecule has 0 aliphatic rings. The van der Waals surface area contributed by atoms with Crippen molar-refractivity contribution in [3.05, 3.63) is 24.0 Å². The Morgan fingerprint density at radius 2 is 1.80 bits per heavy atom. The first kappa shape index (κ1) is 15.8. The molecule has 20 heavy (non-hydrogen) atoms. The van der Waals surface area contributed by atoms with Crippen LogP contribution in [-0.4, -0.2) is 49.2 Å². The van der Waals surface area contributed by atoms with Gasteiger partial charge in [0, 0.05) is 0 Å². The number of thiocarbonyl (C=S) groups is 1. The molecule has 0 atom stereocenters. The molecule has 0 aliphatic carbocycles. The van der Waals surface area contributed by atoms with E-state index in [1.165, 1.54) is 25.3 Å². The second-order valence-electron chi connectivity index (χ2n) is 3.77. The lowest BCUT2D eigenvalue weighted by Crippen LogP contribution is -2.35. The number of ether oxygens (including phenoxy) is 2. The van der Waals surface area contributed by atoms with E-state index in [0.29, 0.717) is 11.4 Å². The van der Waals surface area contributed by atoms with Gasteiger partial charge < -0.3 is 20.1 Å². The van der Waals surface area contributed by atoms with Gasteiger partial charge in [0.05, 0.1) is 31.8 Å². The number of pyridine rings is 1. The third-order valence-corrected chi connectivity index (χ3v) is 2.67. The van der Waals surface area contributed by atoms with E-state index in [0.717, 1.165) is 0 Å². The molecular weight excluding hydrogens is 282 g/mol. The summed E-state index contributed by atoms with van der Waals surface area (Å²) in [6.45, 7) is -0.195. The molecule has 0 unspecified atom stereocenters. The lowest BCUT2D eigenvalue weighted by atomic mass is 10.3. The fourth-order valence-corrected chi connectivity index (χ4v) is 1.52. The Kier molecular flexibility index (Phi) is 5.85. The summed E-state index contributed by atoms with van der Waals surface area (Å²) in [7, 11) is 2.54. The number of anilines is 1. The van der Waals surface area contributed by atoms with Crippen LogP contribution in [0.25, 0.3) is 0 Å². The molecule has 0 saturated heterocycles. The Morgan fingerprint density at radius 3 is 2.15 bits per heavy atom. The number of carbonyl (C=O) groups is 2. The average Bonchev–Trinajstić information content (AvgIpc) is 2.46. The van der Waals surface area contributed by atoms with Crippen LogP contribution in [0.1, 0.15) is 5.69 Å². The van der Waals surface area contributed by atoms with Crippen molar-refractivity contribution in [3.8, 4) is 0 Å². The predicted octanol–water partition coefficient (Wildman–Crippen LogP) is -0.132. The summed E-state index contributed by atoms with van der Waals surface area (Å²) in [5.41, 5.74) is 6.47. The number of aromatic nitrogens is 1. The summed E-state index contributed by atoms with van der Waals surface area (Å²) in [6, 6.07) is 3.27. The smallest absolute Gasteiger partial charge is 0.325 e. The summed E-state index contributed by atoms with van der Waals surface area (Å²) in [6.07, 6.45) is 1.47. The van der Waals surface area contributed by atoms with Gasteiger partial charge in [-0.1, -0.05) is 12.2 Å². The van der Waals surface area contributed by atoms with E-state index in [2.05, 4.69) is 14.5 Å². The first-order valence-corrected chi connectivity index (χ1v) is 6.03. The van der Waals surface area contributed by atoms with Gasteiger partial charge in [0.1, 0.15) is 18.1 Å². The van der Waals surface area contributed by atoms with Crippen LogP contribution in [0.4, 0.5) is 5.69 Å². The highest BCUT2D eigenvalue weighted by molar-refractivity contribution is 7.80. The van der Waals surface area contributed by atoms with Crippen molar-refractivity contribution < 1.29 is 19.1 Å². The zero-order valence-electron chi connectivity index (χ0n) is 11.2. The van der Waals surface area contributed by atoms with E-state index in [-0.39, 0.29) is 18.1 Å². The van der Waals surface area contributed by atoms with Crippen molar-refractivity contribution in [2.75, 3.05) is 32.2 Å². The number of nitrogens with two attached hydrogens (primary N) is 1. The highest BCUT2D eigenvalue weighted by Gasteiger charge is 2.16. The van der Waals surface area contributed by atoms with E-state index in [4.69, 9.17) is 18.0 Å². The van der Waals surface area contributed by atoms with Crippen LogP contribution in [0.3, 0.4) is 0 Å². The van der Waals surface area contributed by atoms with Gasteiger partial charge in [-0.15, -0.1) is 0 Å². The molecule has 2 N–H and O–H groups in total. The SMILES string of the molecule is COC(=O)CN(CC(=O)OC)c1ccc(C(N)=S)nc1. The summed E-state index contributed by atoms with van der Waals surface area (Å²) in [4.78, 5) is 28.4. The third-order valence-electron chi connectivity index (χ3n) is 2.46. The molecule has 8 heteroatoms. The van der Waals surface area contributed by atoms with Crippen LogP contribution in [-0.2, 0) is 19.1 Å². The molecule has 0 amide bonds. The molecule has 0 spiro atoms. The fraction of sp³-hybridized carbons (Fsp3) is 0.333. The molecular formula is C12H15N3O4S. The van der Waals surface area contributed by atoms with Crippen molar-refractivity contribution in [3.63, 3.8) is 0 Å². The highest BCUT2D eigenvalue weighted by Crippen LogP contribution is 2.13. The van der Waals surface area contributed by atoms with Gasteiger partial charge in [0.15, 0.2) is 0 Å². The number of hydrogen-bond acceptors (Lipinski definition) is 7. The lowest BCUT2D eigenvalue weighted by Gasteiger charge is -2.21. The molecule has 1 heterocycles. The van der Waals surface area contributed by atoms with Crippen LogP contribution < -0.4 is 10.6 Å². The minimum Gasteiger partial charge on any atom is -0.468 e. The van der Waals surface area contributed by atoms with Gasteiger partial charge in [-0.05, 0) is 12.1 Å². The predicted molar refractivity (Wildman–Crippen MR) is 76.4 cm³/mol. The molecule has 1 rings (SSSR count). The number of esters is 2. The Bertz CT molecular complexity index is 486. The van der Waals surface area contributed by atoms with Gasteiger partial charge in [0.2, 0.25) is 0 Å². The highest BCUT2D eigenvalue weighted by atomic mass is 32.1. The van der Waals surface area contributed by atoms with Gasteiger partial charge >= 0.3 is 11.9 Å². The number of rotatable bonds is 6. The van der Waals surface area contributed by atoms with E-state index < -0.39 is 11.9 Å². The van der Waals surface area contributed by atoms with Crippen LogP contribution in [0, 0.1) is 0 Å². The minimum absolute atomic E-state index is 0.0975. The summed E-state index contributed by atoms with van der Waals surface area (Å²) < 4.78 is 9.17. The maximum absolute atomic E-state index is 11.4. The molecule has 0 saturated carbocycles. The Hall–Kier alpha value is -2.22. The second kappa shape index (κ2) is 7.39. The summed E-state index contributed by atoms with van der Waals surface area (Å²) in [5, 5.41) is 0. The van der Waals surface area contributed by atoms with Crippen LogP contribution in [0.5, 0.6) is 0 Å². The van der Waals surface area contributed by atoms with E-state index in [1.807, 2.05) is 0 Å². The van der Waals surface area contributed by atoms with Crippen molar-refractivity contribution >= 4 is 34.8 Å². The number of hydrogen-bond donors (Lipinski definition) is 1. The second-order valence-corrected chi connectivity index (χ2v) is 4.21. The summed E-state index contributed by atoms with van der Waals surface area (Å²) in [5.74, 6) is -0.959. The molecule has 0 bridgehead atoms. The van der Waals surface area contributed by atoms with Gasteiger partial charge in [-0.25, -0.2) is 0 Å². The van der Waals surface area contributed by atoms with Crippen molar-refractivity contribution in [2.24, 2.45) is 5.73 Å². The van der Waals surface area contributed by atoms with Gasteiger partial charge in [-0.2, -0.15) is 0 Å². The maximum atomic E-state index is 11.4. The number of carbonyl (C=O) groups excluding carboxylic acids is 2. The Balaban J connectivity index is 2.93. The van der Waals surface area contributed by atoms with Crippen LogP contribution in [0.2, 0.25) is 0 Å². The standard InChI is InChI=1S/C12H15N3O4S/c1-18-10(16)6-15(7-11(17)19-2)8-3-4-9(12(13)20)14-5-8/h3-5H,6-7H2,1-2H3,(H2,13,20). The van der Waals surface area contributed by atoms with Crippen molar-refractivity contribution in [1.82, 2.24) is 4.98 Å².